The van der Waals surface area contributed by atoms with E-state index in [4.69, 9.17) is 9.47 Å². The topological polar surface area (TPSA) is 47.5 Å². The Hall–Kier alpha value is -2.14. The molecule has 1 saturated heterocycles. The molecule has 2 aromatic rings. The lowest BCUT2D eigenvalue weighted by Gasteiger charge is -2.48. The number of ether oxygens (including phenoxy) is 2. The summed E-state index contributed by atoms with van der Waals surface area (Å²) in [5.74, 6) is 2.34. The Morgan fingerprint density at radius 3 is 2.73 bits per heavy atom. The molecule has 5 nitrogen and oxygen atoms in total. The van der Waals surface area contributed by atoms with Gasteiger partial charge in [0.05, 0.1) is 6.20 Å². The SMILES string of the molecule is c1cnc(Oc2ccc3c(c2)CCC2(CCN(C4CCC4)CC2)O3)cn1. The third kappa shape index (κ3) is 3.05. The largest absolute Gasteiger partial charge is 0.487 e. The molecule has 3 heterocycles. The van der Waals surface area contributed by atoms with Crippen molar-refractivity contribution in [3.05, 3.63) is 42.4 Å². The normalized spacial score (nSPS) is 22.3. The number of nitrogens with zero attached hydrogens (tertiary/aromatic N) is 3. The van der Waals surface area contributed by atoms with Crippen molar-refractivity contribution in [1.29, 1.82) is 0 Å². The zero-order valence-electron chi connectivity index (χ0n) is 15.1. The maximum atomic E-state index is 6.54. The maximum absolute atomic E-state index is 6.54. The fourth-order valence-electron chi connectivity index (χ4n) is 4.42. The molecule has 3 aliphatic rings. The standard InChI is InChI=1S/C21H25N3O2/c1-2-17(3-1)24-12-8-21(9-13-24)7-6-16-14-18(4-5-19(16)26-21)25-20-15-22-10-11-23-20/h4-5,10-11,14-15,17H,1-3,6-9,12-13H2. The van der Waals surface area contributed by atoms with E-state index in [0.717, 1.165) is 43.2 Å². The molecular weight excluding hydrogens is 326 g/mol. The van der Waals surface area contributed by atoms with E-state index in [1.807, 2.05) is 6.07 Å². The van der Waals surface area contributed by atoms with Crippen molar-refractivity contribution in [2.75, 3.05) is 13.1 Å². The predicted molar refractivity (Wildman–Crippen MR) is 98.7 cm³/mol. The molecule has 0 unspecified atom stereocenters. The molecule has 2 aliphatic heterocycles. The Morgan fingerprint density at radius 2 is 2.00 bits per heavy atom. The quantitative estimate of drug-likeness (QED) is 0.837. The summed E-state index contributed by atoms with van der Waals surface area (Å²) >= 11 is 0. The molecule has 1 saturated carbocycles. The van der Waals surface area contributed by atoms with Gasteiger partial charge in [-0.3, -0.25) is 4.98 Å². The summed E-state index contributed by atoms with van der Waals surface area (Å²) in [5, 5.41) is 0. The molecule has 1 spiro atoms. The number of aromatic nitrogens is 2. The van der Waals surface area contributed by atoms with Gasteiger partial charge in [0.25, 0.3) is 0 Å². The van der Waals surface area contributed by atoms with Crippen molar-refractivity contribution >= 4 is 0 Å². The molecule has 5 heteroatoms. The number of hydrogen-bond donors (Lipinski definition) is 0. The van der Waals surface area contributed by atoms with Crippen molar-refractivity contribution in [3.8, 4) is 17.4 Å². The molecule has 2 fully saturated rings. The fraction of sp³-hybridized carbons (Fsp3) is 0.524. The monoisotopic (exact) mass is 351 g/mol. The van der Waals surface area contributed by atoms with Gasteiger partial charge >= 0.3 is 0 Å². The summed E-state index contributed by atoms with van der Waals surface area (Å²) in [4.78, 5) is 10.9. The first kappa shape index (κ1) is 16.1. The summed E-state index contributed by atoms with van der Waals surface area (Å²) in [6.45, 7) is 2.38. The summed E-state index contributed by atoms with van der Waals surface area (Å²) < 4.78 is 12.3. The van der Waals surface area contributed by atoms with E-state index in [0.29, 0.717) is 5.88 Å². The minimum absolute atomic E-state index is 0.0422. The van der Waals surface area contributed by atoms with E-state index in [9.17, 15) is 0 Å². The molecule has 0 radical (unpaired) electrons. The van der Waals surface area contributed by atoms with Crippen LogP contribution in [0.4, 0.5) is 0 Å². The fourth-order valence-corrected chi connectivity index (χ4v) is 4.42. The molecule has 0 bridgehead atoms. The Balaban J connectivity index is 1.26. The third-order valence-electron chi connectivity index (χ3n) is 6.27. The van der Waals surface area contributed by atoms with Crippen LogP contribution in [-0.2, 0) is 6.42 Å². The molecule has 1 aliphatic carbocycles. The van der Waals surface area contributed by atoms with Crippen LogP contribution in [0.1, 0.15) is 44.1 Å². The number of hydrogen-bond acceptors (Lipinski definition) is 5. The van der Waals surface area contributed by atoms with Gasteiger partial charge in [-0.25, -0.2) is 4.98 Å². The second-order valence-corrected chi connectivity index (χ2v) is 7.82. The van der Waals surface area contributed by atoms with Crippen LogP contribution in [0.3, 0.4) is 0 Å². The molecule has 0 atom stereocenters. The average molecular weight is 351 g/mol. The molecule has 1 aromatic heterocycles. The predicted octanol–water partition coefficient (Wildman–Crippen LogP) is 3.98. The van der Waals surface area contributed by atoms with E-state index in [-0.39, 0.29) is 5.60 Å². The summed E-state index contributed by atoms with van der Waals surface area (Å²) in [6, 6.07) is 6.96. The Bertz CT molecular complexity index is 768. The van der Waals surface area contributed by atoms with Crippen LogP contribution in [0.2, 0.25) is 0 Å². The van der Waals surface area contributed by atoms with E-state index < -0.39 is 0 Å². The molecule has 1 aromatic carbocycles. The lowest BCUT2D eigenvalue weighted by atomic mass is 9.81. The van der Waals surface area contributed by atoms with Crippen LogP contribution in [-0.4, -0.2) is 39.6 Å². The highest BCUT2D eigenvalue weighted by molar-refractivity contribution is 5.43. The maximum Gasteiger partial charge on any atom is 0.237 e. The Labute approximate surface area is 154 Å². The Morgan fingerprint density at radius 1 is 1.12 bits per heavy atom. The number of rotatable bonds is 3. The van der Waals surface area contributed by atoms with Gasteiger partial charge in [0.2, 0.25) is 5.88 Å². The number of fused-ring (bicyclic) bond motifs is 1. The van der Waals surface area contributed by atoms with E-state index in [2.05, 4.69) is 27.0 Å². The number of aryl methyl sites for hydroxylation is 1. The first-order chi connectivity index (χ1) is 12.8. The van der Waals surface area contributed by atoms with Gasteiger partial charge in [0.15, 0.2) is 0 Å². The lowest BCUT2D eigenvalue weighted by Crippen LogP contribution is -2.53. The molecule has 0 amide bonds. The first-order valence-corrected chi connectivity index (χ1v) is 9.80. The van der Waals surface area contributed by atoms with Crippen molar-refractivity contribution in [3.63, 3.8) is 0 Å². The van der Waals surface area contributed by atoms with E-state index in [1.54, 1.807) is 18.6 Å². The zero-order chi connectivity index (χ0) is 17.4. The highest BCUT2D eigenvalue weighted by Gasteiger charge is 2.41. The van der Waals surface area contributed by atoms with Crippen LogP contribution in [0.15, 0.2) is 36.8 Å². The van der Waals surface area contributed by atoms with Gasteiger partial charge in [-0.05, 0) is 62.3 Å². The summed E-state index contributed by atoms with van der Waals surface area (Å²) in [6.07, 6.45) is 13.6. The number of likely N-dealkylation sites (tertiary alicyclic amines) is 1. The van der Waals surface area contributed by atoms with Crippen LogP contribution in [0.5, 0.6) is 17.4 Å². The van der Waals surface area contributed by atoms with Crippen molar-refractivity contribution < 1.29 is 9.47 Å². The van der Waals surface area contributed by atoms with Gasteiger partial charge in [-0.2, -0.15) is 0 Å². The van der Waals surface area contributed by atoms with Crippen LogP contribution in [0, 0.1) is 0 Å². The van der Waals surface area contributed by atoms with E-state index >= 15 is 0 Å². The van der Waals surface area contributed by atoms with Crippen molar-refractivity contribution in [1.82, 2.24) is 14.9 Å². The summed E-state index contributed by atoms with van der Waals surface area (Å²) in [7, 11) is 0. The van der Waals surface area contributed by atoms with Gasteiger partial charge in [0.1, 0.15) is 17.1 Å². The molecule has 26 heavy (non-hydrogen) atoms. The van der Waals surface area contributed by atoms with Gasteiger partial charge in [0, 0.05) is 31.5 Å². The highest BCUT2D eigenvalue weighted by atomic mass is 16.5. The van der Waals surface area contributed by atoms with Gasteiger partial charge < -0.3 is 14.4 Å². The molecular formula is C21H25N3O2. The molecule has 0 N–H and O–H groups in total. The lowest BCUT2D eigenvalue weighted by molar-refractivity contribution is -0.0337. The van der Waals surface area contributed by atoms with E-state index in [1.165, 1.54) is 37.9 Å². The Kier molecular flexibility index (Phi) is 4.04. The second-order valence-electron chi connectivity index (χ2n) is 7.82. The van der Waals surface area contributed by atoms with Crippen molar-refractivity contribution in [2.24, 2.45) is 0 Å². The van der Waals surface area contributed by atoms with Crippen LogP contribution >= 0.6 is 0 Å². The van der Waals surface area contributed by atoms with Crippen LogP contribution < -0.4 is 9.47 Å². The number of benzene rings is 1. The molecule has 5 rings (SSSR count). The second kappa shape index (κ2) is 6.54. The number of piperidine rings is 1. The summed E-state index contributed by atoms with van der Waals surface area (Å²) in [5.41, 5.74) is 1.28. The van der Waals surface area contributed by atoms with Gasteiger partial charge in [-0.15, -0.1) is 0 Å². The first-order valence-electron chi connectivity index (χ1n) is 9.80. The van der Waals surface area contributed by atoms with Crippen molar-refractivity contribution in [2.45, 2.75) is 56.6 Å². The minimum atomic E-state index is 0.0422. The molecule has 136 valence electrons. The highest BCUT2D eigenvalue weighted by Crippen LogP contribution is 2.42. The van der Waals surface area contributed by atoms with Crippen LogP contribution in [0.25, 0.3) is 0 Å². The average Bonchev–Trinajstić information content (AvgIpc) is 2.63. The smallest absolute Gasteiger partial charge is 0.237 e. The zero-order valence-corrected chi connectivity index (χ0v) is 15.1. The third-order valence-corrected chi connectivity index (χ3v) is 6.27. The van der Waals surface area contributed by atoms with Gasteiger partial charge in [-0.1, -0.05) is 6.42 Å². The minimum Gasteiger partial charge on any atom is -0.487 e.